The van der Waals surface area contributed by atoms with Gasteiger partial charge in [0.1, 0.15) is 5.02 Å². The van der Waals surface area contributed by atoms with Crippen molar-refractivity contribution in [1.29, 1.82) is 0 Å². The van der Waals surface area contributed by atoms with Crippen LogP contribution in [0, 0.1) is 12.8 Å². The number of nitrogens with zero attached hydrogens (tertiary/aromatic N) is 3. The van der Waals surface area contributed by atoms with Crippen LogP contribution in [-0.4, -0.2) is 50.3 Å². The molecule has 2 N–H and O–H groups in total. The van der Waals surface area contributed by atoms with Crippen LogP contribution in [0.1, 0.15) is 24.0 Å². The minimum absolute atomic E-state index is 0.0212. The minimum atomic E-state index is -0.156. The van der Waals surface area contributed by atoms with E-state index >= 15 is 0 Å². The van der Waals surface area contributed by atoms with Crippen molar-refractivity contribution in [1.82, 2.24) is 15.3 Å². The molecule has 3 aromatic rings. The van der Waals surface area contributed by atoms with Gasteiger partial charge < -0.3 is 24.8 Å². The number of aromatic nitrogens is 2. The van der Waals surface area contributed by atoms with E-state index in [1.807, 2.05) is 31.2 Å². The Morgan fingerprint density at radius 2 is 1.84 bits per heavy atom. The average molecular weight is 526 g/mol. The van der Waals surface area contributed by atoms with Crippen LogP contribution in [0.3, 0.4) is 0 Å². The third-order valence-electron chi connectivity index (χ3n) is 6.28. The van der Waals surface area contributed by atoms with Crippen molar-refractivity contribution in [3.05, 3.63) is 58.7 Å². The van der Waals surface area contributed by atoms with Gasteiger partial charge in [0.25, 0.3) is 0 Å². The summed E-state index contributed by atoms with van der Waals surface area (Å²) in [6.45, 7) is 3.92. The number of piperidine rings is 1. The Balaban J connectivity index is 1.69. The van der Waals surface area contributed by atoms with Gasteiger partial charge in [0.15, 0.2) is 17.3 Å². The highest BCUT2D eigenvalue weighted by molar-refractivity contribution is 6.33. The van der Waals surface area contributed by atoms with E-state index in [1.165, 1.54) is 6.20 Å². The second-order valence-corrected chi connectivity index (χ2v) is 9.26. The van der Waals surface area contributed by atoms with Crippen LogP contribution in [0.15, 0.2) is 42.6 Å². The van der Waals surface area contributed by atoms with E-state index in [2.05, 4.69) is 20.6 Å². The van der Waals surface area contributed by atoms with Crippen LogP contribution >= 0.6 is 11.6 Å². The van der Waals surface area contributed by atoms with E-state index in [0.29, 0.717) is 46.9 Å². The predicted octanol–water partition coefficient (Wildman–Crippen LogP) is 4.74. The molecule has 0 aliphatic carbocycles. The normalized spacial score (nSPS) is 15.1. The van der Waals surface area contributed by atoms with Crippen molar-refractivity contribution < 1.29 is 19.0 Å². The average Bonchev–Trinajstić information content (AvgIpc) is 2.93. The molecule has 4 rings (SSSR count). The zero-order valence-electron chi connectivity index (χ0n) is 21.5. The number of anilines is 3. The number of ether oxygens (including phenoxy) is 3. The Hall–Kier alpha value is -3.56. The van der Waals surface area contributed by atoms with Gasteiger partial charge in [-0.25, -0.2) is 4.98 Å². The van der Waals surface area contributed by atoms with Gasteiger partial charge in [-0.1, -0.05) is 41.4 Å². The fourth-order valence-electron chi connectivity index (χ4n) is 4.31. The first-order valence-corrected chi connectivity index (χ1v) is 12.5. The SMILES string of the molecule is COc1cc(Nc2ncc(Cl)c(N(Cc3ccc(C)cc3)C(=O)[C@H]3CCCNC3)n2)cc(OC)c1OC. The van der Waals surface area contributed by atoms with Gasteiger partial charge >= 0.3 is 0 Å². The Morgan fingerprint density at radius 1 is 1.14 bits per heavy atom. The van der Waals surface area contributed by atoms with Crippen LogP contribution in [0.2, 0.25) is 5.02 Å². The number of aryl methyl sites for hydroxylation is 1. The number of carbonyl (C=O) groups is 1. The van der Waals surface area contributed by atoms with Crippen molar-refractivity contribution in [2.75, 3.05) is 44.6 Å². The number of hydrogen-bond donors (Lipinski definition) is 2. The number of methoxy groups -OCH3 is 3. The van der Waals surface area contributed by atoms with E-state index in [4.69, 9.17) is 25.8 Å². The number of amides is 1. The molecule has 1 atom stereocenters. The van der Waals surface area contributed by atoms with Gasteiger partial charge in [0.05, 0.1) is 40.0 Å². The van der Waals surface area contributed by atoms with Crippen molar-refractivity contribution in [3.63, 3.8) is 0 Å². The summed E-state index contributed by atoms with van der Waals surface area (Å²) in [6, 6.07) is 11.6. The smallest absolute Gasteiger partial charge is 0.232 e. The topological polar surface area (TPSA) is 97.8 Å². The highest BCUT2D eigenvalue weighted by Crippen LogP contribution is 2.40. The van der Waals surface area contributed by atoms with Crippen molar-refractivity contribution >= 4 is 35.0 Å². The standard InChI is InChI=1S/C27H32ClN5O4/c1-17-7-9-18(10-8-17)16-33(26(34)19-6-5-11-29-14-19)25-21(28)15-30-27(32-25)31-20-12-22(35-2)24(37-4)23(13-20)36-3/h7-10,12-13,15,19,29H,5-6,11,14,16H2,1-4H3,(H,30,31,32)/t19-/m0/s1. The molecule has 1 aliphatic rings. The highest BCUT2D eigenvalue weighted by atomic mass is 35.5. The molecule has 10 heteroatoms. The van der Waals surface area contributed by atoms with Crippen molar-refractivity contribution in [3.8, 4) is 17.2 Å². The number of rotatable bonds is 9. The number of carbonyl (C=O) groups excluding carboxylic acids is 1. The van der Waals surface area contributed by atoms with Gasteiger partial charge in [-0.2, -0.15) is 4.98 Å². The molecular formula is C27H32ClN5O4. The molecule has 1 aliphatic heterocycles. The summed E-state index contributed by atoms with van der Waals surface area (Å²) in [5.74, 6) is 1.90. The highest BCUT2D eigenvalue weighted by Gasteiger charge is 2.29. The van der Waals surface area contributed by atoms with E-state index in [1.54, 1.807) is 38.4 Å². The number of benzene rings is 2. The molecule has 196 valence electrons. The quantitative estimate of drug-likeness (QED) is 0.413. The molecule has 0 unspecified atom stereocenters. The molecule has 1 aromatic heterocycles. The Bertz CT molecular complexity index is 1210. The number of hydrogen-bond acceptors (Lipinski definition) is 8. The van der Waals surface area contributed by atoms with Gasteiger partial charge in [-0.05, 0) is 31.9 Å². The minimum Gasteiger partial charge on any atom is -0.493 e. The Morgan fingerprint density at radius 3 is 2.43 bits per heavy atom. The molecule has 0 saturated carbocycles. The molecule has 1 saturated heterocycles. The van der Waals surface area contributed by atoms with Crippen LogP contribution < -0.4 is 29.7 Å². The first-order valence-electron chi connectivity index (χ1n) is 12.1. The zero-order chi connectivity index (χ0) is 26.4. The number of nitrogens with one attached hydrogen (secondary N) is 2. The summed E-state index contributed by atoms with van der Waals surface area (Å²) in [4.78, 5) is 24.4. The fraction of sp³-hybridized carbons (Fsp3) is 0.370. The largest absolute Gasteiger partial charge is 0.493 e. The molecule has 1 amide bonds. The Labute approximate surface area is 222 Å². The molecule has 37 heavy (non-hydrogen) atoms. The van der Waals surface area contributed by atoms with E-state index in [0.717, 1.165) is 30.5 Å². The summed E-state index contributed by atoms with van der Waals surface area (Å²) in [5.41, 5.74) is 2.75. The molecule has 0 spiro atoms. The van der Waals surface area contributed by atoms with Gasteiger partial charge in [-0.15, -0.1) is 0 Å². The molecule has 1 fully saturated rings. The molecule has 2 aromatic carbocycles. The molecular weight excluding hydrogens is 494 g/mol. The molecule has 9 nitrogen and oxygen atoms in total. The summed E-state index contributed by atoms with van der Waals surface area (Å²) in [6.07, 6.45) is 3.26. The lowest BCUT2D eigenvalue weighted by Gasteiger charge is -2.30. The van der Waals surface area contributed by atoms with Gasteiger partial charge in [0, 0.05) is 24.4 Å². The summed E-state index contributed by atoms with van der Waals surface area (Å²) in [5, 5.41) is 6.79. The fourth-order valence-corrected chi connectivity index (χ4v) is 4.50. The molecule has 2 heterocycles. The molecule has 0 radical (unpaired) electrons. The summed E-state index contributed by atoms with van der Waals surface area (Å²) < 4.78 is 16.3. The maximum atomic E-state index is 13.7. The monoisotopic (exact) mass is 525 g/mol. The lowest BCUT2D eigenvalue weighted by molar-refractivity contribution is -0.123. The predicted molar refractivity (Wildman–Crippen MR) is 144 cm³/mol. The van der Waals surface area contributed by atoms with Crippen LogP contribution in [0.4, 0.5) is 17.5 Å². The lowest BCUT2D eigenvalue weighted by atomic mass is 9.97. The van der Waals surface area contributed by atoms with E-state index < -0.39 is 0 Å². The Kier molecular flexibility index (Phi) is 8.68. The van der Waals surface area contributed by atoms with Crippen LogP contribution in [0.5, 0.6) is 17.2 Å². The van der Waals surface area contributed by atoms with E-state index in [-0.39, 0.29) is 17.8 Å². The van der Waals surface area contributed by atoms with E-state index in [9.17, 15) is 4.79 Å². The lowest BCUT2D eigenvalue weighted by Crippen LogP contribution is -2.43. The third kappa shape index (κ3) is 6.23. The molecule has 0 bridgehead atoms. The maximum absolute atomic E-state index is 13.7. The summed E-state index contributed by atoms with van der Waals surface area (Å²) in [7, 11) is 4.64. The van der Waals surface area contributed by atoms with Gasteiger partial charge in [0.2, 0.25) is 17.6 Å². The second kappa shape index (κ2) is 12.1. The zero-order valence-corrected chi connectivity index (χ0v) is 22.3. The maximum Gasteiger partial charge on any atom is 0.232 e. The third-order valence-corrected chi connectivity index (χ3v) is 6.54. The summed E-state index contributed by atoms with van der Waals surface area (Å²) >= 11 is 6.58. The van der Waals surface area contributed by atoms with Crippen LogP contribution in [0.25, 0.3) is 0 Å². The van der Waals surface area contributed by atoms with Crippen molar-refractivity contribution in [2.45, 2.75) is 26.3 Å². The van der Waals surface area contributed by atoms with Crippen LogP contribution in [-0.2, 0) is 11.3 Å². The number of halogens is 1. The first kappa shape index (κ1) is 26.5. The van der Waals surface area contributed by atoms with Gasteiger partial charge in [-0.3, -0.25) is 9.69 Å². The van der Waals surface area contributed by atoms with Crippen molar-refractivity contribution in [2.24, 2.45) is 5.92 Å². The second-order valence-electron chi connectivity index (χ2n) is 8.86. The first-order chi connectivity index (χ1) is 17.9.